The van der Waals surface area contributed by atoms with Crippen molar-refractivity contribution in [3.63, 3.8) is 0 Å². The van der Waals surface area contributed by atoms with Crippen LogP contribution in [0.4, 0.5) is 5.69 Å². The number of aromatic nitrogens is 1. The number of ketones is 2. The van der Waals surface area contributed by atoms with E-state index in [1.165, 1.54) is 24.3 Å². The van der Waals surface area contributed by atoms with E-state index in [2.05, 4.69) is 4.98 Å². The molecule has 0 spiro atoms. The molecule has 0 fully saturated rings. The molecule has 0 unspecified atom stereocenters. The van der Waals surface area contributed by atoms with Gasteiger partial charge in [-0.1, -0.05) is 24.3 Å². The number of carbonyl (C=O) groups is 2. The average molecular weight is 320 g/mol. The van der Waals surface area contributed by atoms with Gasteiger partial charge >= 0.3 is 0 Å². The Balaban J connectivity index is 1.81. The quantitative estimate of drug-likeness (QED) is 0.415. The minimum Gasteiger partial charge on any atom is -0.432 e. The SMILES string of the molecule is O=C1c2ccccc2C(=O)c2oc(-c3ccc([N+](=O)[O-])cc3)nc21. The Morgan fingerprint density at radius 2 is 1.54 bits per heavy atom. The van der Waals surface area contributed by atoms with E-state index in [-0.39, 0.29) is 34.4 Å². The third-order valence-corrected chi connectivity index (χ3v) is 3.79. The average Bonchev–Trinajstić information content (AvgIpc) is 3.05. The topological polar surface area (TPSA) is 103 Å². The Bertz CT molecular complexity index is 965. The number of rotatable bonds is 2. The van der Waals surface area contributed by atoms with Gasteiger partial charge < -0.3 is 4.42 Å². The number of nitrogens with zero attached hydrogens (tertiary/aromatic N) is 2. The van der Waals surface area contributed by atoms with Crippen LogP contribution in [0.25, 0.3) is 11.5 Å². The van der Waals surface area contributed by atoms with E-state index in [1.807, 2.05) is 0 Å². The zero-order valence-corrected chi connectivity index (χ0v) is 12.1. The summed E-state index contributed by atoms with van der Waals surface area (Å²) in [4.78, 5) is 39.2. The van der Waals surface area contributed by atoms with Gasteiger partial charge in [0.15, 0.2) is 5.69 Å². The number of oxazole rings is 1. The van der Waals surface area contributed by atoms with Crippen molar-refractivity contribution in [3.05, 3.63) is 81.2 Å². The van der Waals surface area contributed by atoms with Gasteiger partial charge in [0, 0.05) is 28.8 Å². The summed E-state index contributed by atoms with van der Waals surface area (Å²) in [5.74, 6) is -0.811. The minimum atomic E-state index is -0.520. The fraction of sp³-hybridized carbons (Fsp3) is 0. The van der Waals surface area contributed by atoms with E-state index in [4.69, 9.17) is 4.42 Å². The molecular weight excluding hydrogens is 312 g/mol. The third-order valence-electron chi connectivity index (χ3n) is 3.79. The van der Waals surface area contributed by atoms with Crippen molar-refractivity contribution >= 4 is 17.3 Å². The third kappa shape index (κ3) is 1.95. The van der Waals surface area contributed by atoms with Crippen molar-refractivity contribution in [3.8, 4) is 11.5 Å². The van der Waals surface area contributed by atoms with E-state index in [0.29, 0.717) is 11.1 Å². The number of carbonyl (C=O) groups excluding carboxylic acids is 2. The molecule has 4 rings (SSSR count). The predicted octanol–water partition coefficient (Wildman–Crippen LogP) is 3.03. The van der Waals surface area contributed by atoms with Gasteiger partial charge in [-0.2, -0.15) is 0 Å². The number of nitro benzene ring substituents is 1. The van der Waals surface area contributed by atoms with Crippen LogP contribution < -0.4 is 0 Å². The van der Waals surface area contributed by atoms with E-state index in [9.17, 15) is 19.7 Å². The van der Waals surface area contributed by atoms with Crippen LogP contribution in [0.5, 0.6) is 0 Å². The van der Waals surface area contributed by atoms with E-state index >= 15 is 0 Å². The van der Waals surface area contributed by atoms with Crippen LogP contribution in [0, 0.1) is 10.1 Å². The highest BCUT2D eigenvalue weighted by Crippen LogP contribution is 2.31. The summed E-state index contributed by atoms with van der Waals surface area (Å²) < 4.78 is 5.48. The Morgan fingerprint density at radius 3 is 2.17 bits per heavy atom. The van der Waals surface area contributed by atoms with Crippen molar-refractivity contribution in [2.24, 2.45) is 0 Å². The normalized spacial score (nSPS) is 12.7. The molecule has 1 aliphatic carbocycles. The summed E-state index contributed by atoms with van der Waals surface area (Å²) in [5.41, 5.74) is 0.904. The molecule has 0 aliphatic heterocycles. The van der Waals surface area contributed by atoms with Gasteiger partial charge in [-0.25, -0.2) is 4.98 Å². The molecule has 7 nitrogen and oxygen atoms in total. The highest BCUT2D eigenvalue weighted by molar-refractivity contribution is 6.26. The predicted molar refractivity (Wildman–Crippen MR) is 81.9 cm³/mol. The van der Waals surface area contributed by atoms with Gasteiger partial charge in [-0.15, -0.1) is 0 Å². The van der Waals surface area contributed by atoms with Crippen LogP contribution >= 0.6 is 0 Å². The van der Waals surface area contributed by atoms with Crippen LogP contribution in [-0.4, -0.2) is 21.5 Å². The molecule has 0 N–H and O–H groups in total. The van der Waals surface area contributed by atoms with Crippen molar-refractivity contribution in [2.75, 3.05) is 0 Å². The maximum Gasteiger partial charge on any atom is 0.269 e. The number of hydrogen-bond acceptors (Lipinski definition) is 6. The maximum absolute atomic E-state index is 12.5. The lowest BCUT2D eigenvalue weighted by molar-refractivity contribution is -0.384. The van der Waals surface area contributed by atoms with Gasteiger partial charge in [0.05, 0.1) is 4.92 Å². The first-order chi connectivity index (χ1) is 11.6. The maximum atomic E-state index is 12.5. The fourth-order valence-corrected chi connectivity index (χ4v) is 2.61. The molecule has 116 valence electrons. The lowest BCUT2D eigenvalue weighted by atomic mass is 9.91. The van der Waals surface area contributed by atoms with Crippen molar-refractivity contribution in [1.82, 2.24) is 4.98 Å². The van der Waals surface area contributed by atoms with Gasteiger partial charge in [-0.3, -0.25) is 19.7 Å². The Kier molecular flexibility index (Phi) is 2.89. The molecule has 0 atom stereocenters. The minimum absolute atomic E-state index is 0.0351. The summed E-state index contributed by atoms with van der Waals surface area (Å²) in [6, 6.07) is 12.0. The molecular formula is C17H8N2O5. The Morgan fingerprint density at radius 1 is 0.917 bits per heavy atom. The van der Waals surface area contributed by atoms with Crippen LogP contribution in [0.2, 0.25) is 0 Å². The second-order valence-electron chi connectivity index (χ2n) is 5.20. The van der Waals surface area contributed by atoms with E-state index < -0.39 is 10.7 Å². The van der Waals surface area contributed by atoms with Crippen LogP contribution in [0.15, 0.2) is 52.9 Å². The van der Waals surface area contributed by atoms with Gasteiger partial charge in [0.25, 0.3) is 5.69 Å². The molecule has 0 radical (unpaired) electrons. The molecule has 7 heteroatoms. The largest absolute Gasteiger partial charge is 0.432 e. The number of hydrogen-bond donors (Lipinski definition) is 0. The molecule has 3 aromatic rings. The molecule has 0 amide bonds. The van der Waals surface area contributed by atoms with Crippen LogP contribution in [0.1, 0.15) is 32.2 Å². The second kappa shape index (κ2) is 4.95. The first kappa shape index (κ1) is 14.0. The summed E-state index contributed by atoms with van der Waals surface area (Å²) in [6.45, 7) is 0. The zero-order valence-electron chi connectivity index (χ0n) is 12.1. The molecule has 0 saturated heterocycles. The Hall–Kier alpha value is -3.61. The van der Waals surface area contributed by atoms with Crippen molar-refractivity contribution in [2.45, 2.75) is 0 Å². The first-order valence-corrected chi connectivity index (χ1v) is 7.00. The monoisotopic (exact) mass is 320 g/mol. The van der Waals surface area contributed by atoms with Crippen LogP contribution in [-0.2, 0) is 0 Å². The van der Waals surface area contributed by atoms with Gasteiger partial charge in [0.2, 0.25) is 23.2 Å². The highest BCUT2D eigenvalue weighted by atomic mass is 16.6. The lowest BCUT2D eigenvalue weighted by Gasteiger charge is -2.10. The second-order valence-corrected chi connectivity index (χ2v) is 5.20. The number of benzene rings is 2. The summed E-state index contributed by atoms with van der Waals surface area (Å²) >= 11 is 0. The van der Waals surface area contributed by atoms with Gasteiger partial charge in [0.1, 0.15) is 0 Å². The zero-order chi connectivity index (χ0) is 16.8. The molecule has 2 aromatic carbocycles. The van der Waals surface area contributed by atoms with Crippen molar-refractivity contribution < 1.29 is 18.9 Å². The lowest BCUT2D eigenvalue weighted by Crippen LogP contribution is -2.19. The van der Waals surface area contributed by atoms with E-state index in [1.54, 1.807) is 24.3 Å². The molecule has 0 saturated carbocycles. The smallest absolute Gasteiger partial charge is 0.269 e. The fourth-order valence-electron chi connectivity index (χ4n) is 2.61. The van der Waals surface area contributed by atoms with Crippen molar-refractivity contribution in [1.29, 1.82) is 0 Å². The first-order valence-electron chi connectivity index (χ1n) is 7.00. The summed E-state index contributed by atoms with van der Waals surface area (Å²) in [7, 11) is 0. The molecule has 1 heterocycles. The van der Waals surface area contributed by atoms with E-state index in [0.717, 1.165) is 0 Å². The van der Waals surface area contributed by atoms with Gasteiger partial charge in [-0.05, 0) is 12.1 Å². The summed E-state index contributed by atoms with van der Waals surface area (Å²) in [5, 5.41) is 10.7. The number of non-ortho nitro benzene ring substituents is 1. The molecule has 0 bridgehead atoms. The Labute approximate surface area is 134 Å². The van der Waals surface area contributed by atoms with Crippen LogP contribution in [0.3, 0.4) is 0 Å². The molecule has 1 aliphatic rings. The highest BCUT2D eigenvalue weighted by Gasteiger charge is 2.35. The number of fused-ring (bicyclic) bond motifs is 2. The molecule has 1 aromatic heterocycles. The standard InChI is InChI=1S/C17H8N2O5/c20-14-11-3-1-2-4-12(11)15(21)16-13(14)18-17(24-16)9-5-7-10(8-6-9)19(22)23/h1-8H. The summed E-state index contributed by atoms with van der Waals surface area (Å²) in [6.07, 6.45) is 0. The number of nitro groups is 1. The molecule has 24 heavy (non-hydrogen) atoms.